The Labute approximate surface area is 230 Å². The first-order valence-electron chi connectivity index (χ1n) is 12.7. The van der Waals surface area contributed by atoms with Gasteiger partial charge in [0, 0.05) is 18.7 Å². The first kappa shape index (κ1) is 24.9. The van der Waals surface area contributed by atoms with E-state index in [-0.39, 0.29) is 24.3 Å². The molecule has 3 heterocycles. The van der Waals surface area contributed by atoms with Gasteiger partial charge in [-0.1, -0.05) is 84.6 Å². The minimum Gasteiger partial charge on any atom is -0.334 e. The van der Waals surface area contributed by atoms with E-state index < -0.39 is 5.54 Å². The van der Waals surface area contributed by atoms with Crippen molar-refractivity contribution in [2.75, 3.05) is 12.8 Å². The lowest BCUT2D eigenvalue weighted by Crippen LogP contribution is -2.45. The molecule has 0 spiro atoms. The number of rotatable bonds is 6. The van der Waals surface area contributed by atoms with E-state index in [1.165, 1.54) is 4.90 Å². The minimum absolute atomic E-state index is 0.0180. The van der Waals surface area contributed by atoms with Crippen LogP contribution in [0.15, 0.2) is 90.1 Å². The molecule has 0 atom stereocenters. The maximum atomic E-state index is 14.1. The highest BCUT2D eigenvalue weighted by Crippen LogP contribution is 2.36. The van der Waals surface area contributed by atoms with E-state index in [2.05, 4.69) is 15.5 Å². The number of thioether (sulfide) groups is 1. The van der Waals surface area contributed by atoms with Gasteiger partial charge in [-0.3, -0.25) is 19.9 Å². The van der Waals surface area contributed by atoms with Gasteiger partial charge in [0.25, 0.3) is 11.8 Å². The van der Waals surface area contributed by atoms with Gasteiger partial charge < -0.3 is 14.8 Å². The molecule has 196 valence electrons. The van der Waals surface area contributed by atoms with Crippen molar-refractivity contribution in [3.63, 3.8) is 0 Å². The first-order chi connectivity index (χ1) is 19.0. The standard InChI is InChI=1S/C29H27N7O2S/c1-39-28-33-32-24-19-34(15-16-35(24)28)25(37)21-10-8-9-20(17-21)18-36-26(38)29(31-27(36)30,22-11-4-2-5-12-22)23-13-6-3-7-14-23/h2-14,17H,15-16,18-19H2,1H3,(H2,30,31). The fourth-order valence-corrected chi connectivity index (χ4v) is 5.85. The number of benzene rings is 3. The normalized spacial score (nSPS) is 16.2. The molecule has 0 radical (unpaired) electrons. The molecule has 0 bridgehead atoms. The summed E-state index contributed by atoms with van der Waals surface area (Å²) in [6.45, 7) is 1.78. The molecule has 4 aromatic rings. The smallest absolute Gasteiger partial charge is 0.264 e. The van der Waals surface area contributed by atoms with Gasteiger partial charge in [0.2, 0.25) is 0 Å². The second kappa shape index (κ2) is 10.0. The van der Waals surface area contributed by atoms with E-state index in [9.17, 15) is 9.59 Å². The number of carbonyl (C=O) groups is 2. The predicted octanol–water partition coefficient (Wildman–Crippen LogP) is 3.47. The predicted molar refractivity (Wildman–Crippen MR) is 148 cm³/mol. The Hall–Kier alpha value is -4.44. The number of carbonyl (C=O) groups excluding carboxylic acids is 2. The summed E-state index contributed by atoms with van der Waals surface area (Å²) in [5.74, 6) is 0.460. The summed E-state index contributed by atoms with van der Waals surface area (Å²) >= 11 is 1.54. The second-order valence-electron chi connectivity index (χ2n) is 9.53. The largest absolute Gasteiger partial charge is 0.334 e. The van der Waals surface area contributed by atoms with Crippen LogP contribution in [0.2, 0.25) is 0 Å². The van der Waals surface area contributed by atoms with Crippen LogP contribution in [0.5, 0.6) is 0 Å². The zero-order valence-corrected chi connectivity index (χ0v) is 22.2. The Balaban J connectivity index is 1.26. The third-order valence-electron chi connectivity index (χ3n) is 7.26. The van der Waals surface area contributed by atoms with Gasteiger partial charge in [-0.15, -0.1) is 10.2 Å². The summed E-state index contributed by atoms with van der Waals surface area (Å²) in [5, 5.41) is 21.2. The van der Waals surface area contributed by atoms with Crippen LogP contribution in [0.3, 0.4) is 0 Å². The highest BCUT2D eigenvalue weighted by Gasteiger charge is 2.52. The van der Waals surface area contributed by atoms with Crippen molar-refractivity contribution >= 4 is 29.5 Å². The molecule has 2 N–H and O–H groups in total. The number of hydrogen-bond acceptors (Lipinski definition) is 6. The fraction of sp³-hybridized carbons (Fsp3) is 0.207. The van der Waals surface area contributed by atoms with Crippen LogP contribution in [-0.2, 0) is 30.0 Å². The third kappa shape index (κ3) is 4.26. The lowest BCUT2D eigenvalue weighted by atomic mass is 9.82. The minimum atomic E-state index is -1.20. The molecule has 10 heteroatoms. The zero-order valence-electron chi connectivity index (χ0n) is 21.4. The van der Waals surface area contributed by atoms with Gasteiger partial charge in [-0.2, -0.15) is 0 Å². The number of nitrogens with zero attached hydrogens (tertiary/aromatic N) is 5. The second-order valence-corrected chi connectivity index (χ2v) is 10.3. The van der Waals surface area contributed by atoms with Crippen LogP contribution < -0.4 is 5.32 Å². The highest BCUT2D eigenvalue weighted by molar-refractivity contribution is 7.98. The summed E-state index contributed by atoms with van der Waals surface area (Å²) in [7, 11) is 0. The molecule has 1 saturated heterocycles. The maximum absolute atomic E-state index is 14.1. The van der Waals surface area contributed by atoms with E-state index in [1.807, 2.05) is 83.6 Å². The molecule has 2 amide bonds. The highest BCUT2D eigenvalue weighted by atomic mass is 32.2. The van der Waals surface area contributed by atoms with Crippen LogP contribution in [0.1, 0.15) is 32.9 Å². The van der Waals surface area contributed by atoms with E-state index in [0.29, 0.717) is 25.2 Å². The average molecular weight is 538 g/mol. The topological polar surface area (TPSA) is 107 Å². The number of guanidine groups is 1. The van der Waals surface area contributed by atoms with Crippen molar-refractivity contribution in [1.29, 1.82) is 5.41 Å². The van der Waals surface area contributed by atoms with Gasteiger partial charge in [-0.05, 0) is 35.1 Å². The van der Waals surface area contributed by atoms with Gasteiger partial charge >= 0.3 is 0 Å². The molecular formula is C29H27N7O2S. The molecular weight excluding hydrogens is 510 g/mol. The van der Waals surface area contributed by atoms with Crippen molar-refractivity contribution in [2.45, 2.75) is 30.3 Å². The maximum Gasteiger partial charge on any atom is 0.264 e. The third-order valence-corrected chi connectivity index (χ3v) is 7.93. The van der Waals surface area contributed by atoms with Gasteiger partial charge in [0.1, 0.15) is 0 Å². The van der Waals surface area contributed by atoms with Crippen molar-refractivity contribution in [2.24, 2.45) is 0 Å². The van der Waals surface area contributed by atoms with E-state index in [1.54, 1.807) is 28.8 Å². The molecule has 1 aromatic heterocycles. The van der Waals surface area contributed by atoms with E-state index >= 15 is 0 Å². The monoisotopic (exact) mass is 537 g/mol. The number of fused-ring (bicyclic) bond motifs is 1. The van der Waals surface area contributed by atoms with Crippen LogP contribution in [0, 0.1) is 5.41 Å². The Kier molecular flexibility index (Phi) is 6.40. The number of aromatic nitrogens is 3. The summed E-state index contributed by atoms with van der Waals surface area (Å²) < 4.78 is 2.05. The van der Waals surface area contributed by atoms with Gasteiger partial charge in [0.15, 0.2) is 22.5 Å². The molecule has 1 fully saturated rings. The number of amides is 2. The summed E-state index contributed by atoms with van der Waals surface area (Å²) in [6.07, 6.45) is 1.96. The van der Waals surface area contributed by atoms with Crippen LogP contribution in [0.25, 0.3) is 0 Å². The van der Waals surface area contributed by atoms with Gasteiger partial charge in [0.05, 0.1) is 13.1 Å². The van der Waals surface area contributed by atoms with Crippen LogP contribution >= 0.6 is 11.8 Å². The molecule has 0 unspecified atom stereocenters. The Morgan fingerprint density at radius 3 is 2.33 bits per heavy atom. The molecule has 2 aliphatic heterocycles. The molecule has 3 aromatic carbocycles. The Bertz CT molecular complexity index is 1510. The SMILES string of the molecule is CSc1nnc2n1CCN(C(=O)c1cccc(CN3C(=N)NC(c4ccccc4)(c4ccccc4)C3=O)c1)C2. The fourth-order valence-electron chi connectivity index (χ4n) is 5.31. The number of nitrogens with one attached hydrogen (secondary N) is 2. The number of hydrogen-bond donors (Lipinski definition) is 2. The Morgan fingerprint density at radius 1 is 0.974 bits per heavy atom. The molecule has 9 nitrogen and oxygen atoms in total. The lowest BCUT2D eigenvalue weighted by molar-refractivity contribution is -0.130. The summed E-state index contributed by atoms with van der Waals surface area (Å²) in [6, 6.07) is 26.2. The van der Waals surface area contributed by atoms with E-state index in [4.69, 9.17) is 5.41 Å². The van der Waals surface area contributed by atoms with Crippen molar-refractivity contribution in [1.82, 2.24) is 29.9 Å². The molecule has 6 rings (SSSR count). The lowest BCUT2D eigenvalue weighted by Gasteiger charge is -2.28. The molecule has 0 aliphatic carbocycles. The van der Waals surface area contributed by atoms with Crippen molar-refractivity contribution < 1.29 is 9.59 Å². The summed E-state index contributed by atoms with van der Waals surface area (Å²) in [5.41, 5.74) is 1.63. The average Bonchev–Trinajstić information content (AvgIpc) is 3.51. The van der Waals surface area contributed by atoms with Crippen molar-refractivity contribution in [3.8, 4) is 0 Å². The molecule has 2 aliphatic rings. The quantitative estimate of drug-likeness (QED) is 0.365. The first-order valence-corrected chi connectivity index (χ1v) is 13.9. The zero-order chi connectivity index (χ0) is 27.0. The van der Waals surface area contributed by atoms with E-state index in [0.717, 1.165) is 27.7 Å². The van der Waals surface area contributed by atoms with Crippen LogP contribution in [-0.4, -0.2) is 55.1 Å². The van der Waals surface area contributed by atoms with Crippen LogP contribution in [0.4, 0.5) is 0 Å². The molecule has 39 heavy (non-hydrogen) atoms. The van der Waals surface area contributed by atoms with Gasteiger partial charge in [-0.25, -0.2) is 0 Å². The van der Waals surface area contributed by atoms with Crippen molar-refractivity contribution in [3.05, 3.63) is 113 Å². The summed E-state index contributed by atoms with van der Waals surface area (Å²) in [4.78, 5) is 30.7. The molecule has 0 saturated carbocycles. The Morgan fingerprint density at radius 2 is 1.67 bits per heavy atom.